The molecule has 0 aromatic heterocycles. The molecular formula is C21H35Cl2N3O3. The lowest BCUT2D eigenvalue weighted by Gasteiger charge is -2.33. The second-order valence-corrected chi connectivity index (χ2v) is 7.72. The number of rotatable bonds is 8. The van der Waals surface area contributed by atoms with Gasteiger partial charge in [0.05, 0.1) is 19.3 Å². The molecule has 8 heteroatoms. The van der Waals surface area contributed by atoms with E-state index in [1.165, 1.54) is 0 Å². The van der Waals surface area contributed by atoms with Crippen LogP contribution in [-0.2, 0) is 16.1 Å². The van der Waals surface area contributed by atoms with Gasteiger partial charge in [-0.05, 0) is 62.4 Å². The zero-order valence-electron chi connectivity index (χ0n) is 17.4. The van der Waals surface area contributed by atoms with Crippen LogP contribution in [0.2, 0.25) is 0 Å². The maximum atomic E-state index is 13.2. The van der Waals surface area contributed by atoms with Crippen LogP contribution in [0.15, 0.2) is 24.3 Å². The number of nitrogens with one attached hydrogen (secondary N) is 2. The monoisotopic (exact) mass is 447 g/mol. The molecule has 29 heavy (non-hydrogen) atoms. The Morgan fingerprint density at radius 1 is 1.21 bits per heavy atom. The molecule has 1 amide bonds. The van der Waals surface area contributed by atoms with E-state index in [9.17, 15) is 4.79 Å². The standard InChI is InChI=1S/C21H33N3O3.2ClH/c1-3-27-18-6-4-17(5-7-18)15-24(12-13-26-2)20(25)19-14-21(16-23-19)8-10-22-11-9-21;;/h4-7,19,22-23H,3,8-16H2,1-2H3;2*1H. The number of ether oxygens (including phenoxy) is 2. The molecule has 2 aliphatic heterocycles. The fourth-order valence-electron chi connectivity index (χ4n) is 4.20. The van der Waals surface area contributed by atoms with Crippen LogP contribution in [0.5, 0.6) is 5.75 Å². The SMILES string of the molecule is CCOc1ccc(CN(CCOC)C(=O)C2CC3(CCNCC3)CN2)cc1.Cl.Cl. The Balaban J connectivity index is 0.00000210. The number of carbonyl (C=O) groups is 1. The average molecular weight is 448 g/mol. The Labute approximate surface area is 186 Å². The summed E-state index contributed by atoms with van der Waals surface area (Å²) in [5.74, 6) is 1.05. The summed E-state index contributed by atoms with van der Waals surface area (Å²) in [5.41, 5.74) is 1.40. The van der Waals surface area contributed by atoms with Crippen molar-refractivity contribution >= 4 is 30.7 Å². The van der Waals surface area contributed by atoms with Gasteiger partial charge in [-0.1, -0.05) is 12.1 Å². The highest BCUT2D eigenvalue weighted by Gasteiger charge is 2.43. The summed E-state index contributed by atoms with van der Waals surface area (Å²) in [6, 6.07) is 7.93. The molecule has 2 aliphatic rings. The van der Waals surface area contributed by atoms with E-state index in [2.05, 4.69) is 10.6 Å². The van der Waals surface area contributed by atoms with E-state index >= 15 is 0 Å². The van der Waals surface area contributed by atoms with Crippen LogP contribution in [0.1, 0.15) is 31.7 Å². The summed E-state index contributed by atoms with van der Waals surface area (Å²) in [7, 11) is 1.68. The van der Waals surface area contributed by atoms with Crippen molar-refractivity contribution in [1.82, 2.24) is 15.5 Å². The average Bonchev–Trinajstić information content (AvgIpc) is 3.10. The smallest absolute Gasteiger partial charge is 0.240 e. The van der Waals surface area contributed by atoms with E-state index in [1.54, 1.807) is 7.11 Å². The third-order valence-corrected chi connectivity index (χ3v) is 5.81. The summed E-state index contributed by atoms with van der Waals surface area (Å²) < 4.78 is 10.7. The minimum atomic E-state index is -0.0809. The van der Waals surface area contributed by atoms with Gasteiger partial charge in [-0.2, -0.15) is 0 Å². The van der Waals surface area contributed by atoms with Crippen LogP contribution in [-0.4, -0.2) is 63.4 Å². The van der Waals surface area contributed by atoms with Crippen LogP contribution in [0.4, 0.5) is 0 Å². The minimum Gasteiger partial charge on any atom is -0.494 e. The van der Waals surface area contributed by atoms with Crippen LogP contribution in [0.25, 0.3) is 0 Å². The van der Waals surface area contributed by atoms with E-state index in [0.717, 1.165) is 50.2 Å². The van der Waals surface area contributed by atoms with Crippen molar-refractivity contribution < 1.29 is 14.3 Å². The van der Waals surface area contributed by atoms with Crippen molar-refractivity contribution in [3.05, 3.63) is 29.8 Å². The number of nitrogens with zero attached hydrogens (tertiary/aromatic N) is 1. The number of piperidine rings is 1. The molecule has 1 aromatic rings. The summed E-state index contributed by atoms with van der Waals surface area (Å²) in [6.07, 6.45) is 3.25. The molecular weight excluding hydrogens is 413 g/mol. The molecule has 166 valence electrons. The fourth-order valence-corrected chi connectivity index (χ4v) is 4.20. The van der Waals surface area contributed by atoms with Crippen LogP contribution >= 0.6 is 24.8 Å². The van der Waals surface area contributed by atoms with Gasteiger partial charge >= 0.3 is 0 Å². The Morgan fingerprint density at radius 3 is 2.52 bits per heavy atom. The Hall–Kier alpha value is -1.05. The van der Waals surface area contributed by atoms with E-state index in [1.807, 2.05) is 36.1 Å². The third kappa shape index (κ3) is 7.00. The fraction of sp³-hybridized carbons (Fsp3) is 0.667. The molecule has 1 spiro atoms. The lowest BCUT2D eigenvalue weighted by Crippen LogP contribution is -2.44. The van der Waals surface area contributed by atoms with Crippen molar-refractivity contribution in [2.75, 3.05) is 46.5 Å². The highest BCUT2D eigenvalue weighted by Crippen LogP contribution is 2.37. The molecule has 3 rings (SSSR count). The first kappa shape index (κ1) is 26.0. The van der Waals surface area contributed by atoms with E-state index < -0.39 is 0 Å². The summed E-state index contributed by atoms with van der Waals surface area (Å²) >= 11 is 0. The molecule has 0 radical (unpaired) electrons. The molecule has 1 atom stereocenters. The predicted molar refractivity (Wildman–Crippen MR) is 120 cm³/mol. The summed E-state index contributed by atoms with van der Waals surface area (Å²) in [6.45, 7) is 7.45. The number of halogens is 2. The first-order chi connectivity index (χ1) is 13.2. The number of carbonyl (C=O) groups excluding carboxylic acids is 1. The molecule has 2 saturated heterocycles. The maximum absolute atomic E-state index is 13.2. The number of hydrogen-bond acceptors (Lipinski definition) is 5. The van der Waals surface area contributed by atoms with Gasteiger partial charge in [-0.25, -0.2) is 0 Å². The first-order valence-corrected chi connectivity index (χ1v) is 10.1. The van der Waals surface area contributed by atoms with Gasteiger partial charge in [0.1, 0.15) is 5.75 Å². The number of benzene rings is 1. The molecule has 2 heterocycles. The minimum absolute atomic E-state index is 0. The van der Waals surface area contributed by atoms with Gasteiger partial charge in [-0.3, -0.25) is 4.79 Å². The van der Waals surface area contributed by atoms with Crippen LogP contribution in [0.3, 0.4) is 0 Å². The number of amides is 1. The largest absolute Gasteiger partial charge is 0.494 e. The molecule has 0 saturated carbocycles. The topological polar surface area (TPSA) is 62.8 Å². The van der Waals surface area contributed by atoms with E-state index in [4.69, 9.17) is 9.47 Å². The molecule has 0 bridgehead atoms. The first-order valence-electron chi connectivity index (χ1n) is 10.1. The van der Waals surface area contributed by atoms with Gasteiger partial charge in [0.15, 0.2) is 0 Å². The molecule has 2 N–H and O–H groups in total. The molecule has 2 fully saturated rings. The predicted octanol–water partition coefficient (Wildman–Crippen LogP) is 2.64. The molecule has 6 nitrogen and oxygen atoms in total. The maximum Gasteiger partial charge on any atom is 0.240 e. The molecule has 0 aliphatic carbocycles. The molecule has 1 aromatic carbocycles. The van der Waals surface area contributed by atoms with Crippen molar-refractivity contribution in [3.8, 4) is 5.75 Å². The summed E-state index contributed by atoms with van der Waals surface area (Å²) in [4.78, 5) is 15.1. The van der Waals surface area contributed by atoms with Crippen LogP contribution < -0.4 is 15.4 Å². The van der Waals surface area contributed by atoms with Gasteiger partial charge in [0.25, 0.3) is 0 Å². The second-order valence-electron chi connectivity index (χ2n) is 7.72. The Kier molecular flexibility index (Phi) is 11.3. The quantitative estimate of drug-likeness (QED) is 0.641. The van der Waals surface area contributed by atoms with Crippen molar-refractivity contribution in [1.29, 1.82) is 0 Å². The van der Waals surface area contributed by atoms with Crippen molar-refractivity contribution in [2.45, 2.75) is 38.8 Å². The zero-order chi connectivity index (χ0) is 19.1. The van der Waals surface area contributed by atoms with Crippen LogP contribution in [0, 0.1) is 5.41 Å². The highest BCUT2D eigenvalue weighted by molar-refractivity contribution is 5.85. The Bertz CT molecular complexity index is 610. The summed E-state index contributed by atoms with van der Waals surface area (Å²) in [5, 5.41) is 6.93. The normalized spacial score (nSPS) is 19.9. The number of hydrogen-bond donors (Lipinski definition) is 2. The Morgan fingerprint density at radius 2 is 1.90 bits per heavy atom. The highest BCUT2D eigenvalue weighted by atomic mass is 35.5. The van der Waals surface area contributed by atoms with Gasteiger partial charge < -0.3 is 25.0 Å². The second kappa shape index (κ2) is 12.6. The third-order valence-electron chi connectivity index (χ3n) is 5.81. The molecule has 1 unspecified atom stereocenters. The number of methoxy groups -OCH3 is 1. The van der Waals surface area contributed by atoms with E-state index in [-0.39, 0.29) is 42.2 Å². The van der Waals surface area contributed by atoms with E-state index in [0.29, 0.717) is 26.3 Å². The van der Waals surface area contributed by atoms with Gasteiger partial charge in [0.2, 0.25) is 5.91 Å². The zero-order valence-corrected chi connectivity index (χ0v) is 19.1. The lowest BCUT2D eigenvalue weighted by molar-refractivity contribution is -0.134. The van der Waals surface area contributed by atoms with Gasteiger partial charge in [-0.15, -0.1) is 24.8 Å². The lowest BCUT2D eigenvalue weighted by atomic mass is 9.77. The van der Waals surface area contributed by atoms with Crippen molar-refractivity contribution in [2.24, 2.45) is 5.41 Å². The van der Waals surface area contributed by atoms with Crippen molar-refractivity contribution in [3.63, 3.8) is 0 Å². The van der Waals surface area contributed by atoms with Gasteiger partial charge in [0, 0.05) is 26.7 Å².